The Morgan fingerprint density at radius 2 is 1.76 bits per heavy atom. The summed E-state index contributed by atoms with van der Waals surface area (Å²) in [5, 5.41) is 6.26. The largest absolute Gasteiger partial charge is 0.418 e. The van der Waals surface area contributed by atoms with E-state index in [1.807, 2.05) is 0 Å². The first kappa shape index (κ1) is 22.9. The number of imidazole rings is 1. The van der Waals surface area contributed by atoms with Crippen molar-refractivity contribution >= 4 is 11.6 Å². The number of aryl methyl sites for hydroxylation is 2. The normalized spacial score (nSPS) is 11.5. The molecule has 4 rings (SSSR count). The molecule has 0 unspecified atom stereocenters. The van der Waals surface area contributed by atoms with Crippen LogP contribution in [0.4, 0.5) is 23.2 Å². The molecule has 1 amide bonds. The van der Waals surface area contributed by atoms with Crippen molar-refractivity contribution in [1.29, 1.82) is 0 Å². The molecule has 4 aromatic rings. The van der Waals surface area contributed by atoms with Gasteiger partial charge in [0.25, 0.3) is 5.91 Å². The summed E-state index contributed by atoms with van der Waals surface area (Å²) < 4.78 is 57.4. The van der Waals surface area contributed by atoms with Gasteiger partial charge < -0.3 is 9.88 Å². The number of carbonyl (C=O) groups excluding carboxylic acids is 1. The minimum Gasteiger partial charge on any atom is -0.320 e. The van der Waals surface area contributed by atoms with Crippen molar-refractivity contribution in [2.24, 2.45) is 0 Å². The minimum atomic E-state index is -4.68. The SMILES string of the molecule is Cc1nccn1-c1ccc(NC(=O)c2nn(-c3ccccc3C(F)(F)F)c(C)cc2=O)cc1F. The van der Waals surface area contributed by atoms with Gasteiger partial charge in [-0.25, -0.2) is 14.1 Å². The number of benzene rings is 2. The van der Waals surface area contributed by atoms with E-state index >= 15 is 0 Å². The Hall–Kier alpha value is -4.28. The van der Waals surface area contributed by atoms with Gasteiger partial charge in [0.2, 0.25) is 5.43 Å². The predicted octanol–water partition coefficient (Wildman–Crippen LogP) is 4.45. The highest BCUT2D eigenvalue weighted by molar-refractivity contribution is 6.02. The molecule has 0 aliphatic heterocycles. The number of rotatable bonds is 4. The van der Waals surface area contributed by atoms with Crippen LogP contribution in [0.2, 0.25) is 0 Å². The van der Waals surface area contributed by atoms with Crippen LogP contribution in [0.3, 0.4) is 0 Å². The zero-order valence-electron chi connectivity index (χ0n) is 17.9. The van der Waals surface area contributed by atoms with Crippen LogP contribution in [0.1, 0.15) is 27.6 Å². The average molecular weight is 471 g/mol. The van der Waals surface area contributed by atoms with E-state index in [-0.39, 0.29) is 22.8 Å². The average Bonchev–Trinajstić information content (AvgIpc) is 3.19. The maximum absolute atomic E-state index is 14.6. The van der Waals surface area contributed by atoms with E-state index in [4.69, 9.17) is 0 Å². The highest BCUT2D eigenvalue weighted by atomic mass is 19.4. The lowest BCUT2D eigenvalue weighted by Gasteiger charge is -2.16. The third-order valence-electron chi connectivity index (χ3n) is 5.05. The number of carbonyl (C=O) groups is 1. The van der Waals surface area contributed by atoms with Crippen molar-refractivity contribution < 1.29 is 22.4 Å². The van der Waals surface area contributed by atoms with Gasteiger partial charge >= 0.3 is 6.18 Å². The molecule has 0 atom stereocenters. The molecule has 0 saturated carbocycles. The Balaban J connectivity index is 1.69. The predicted molar refractivity (Wildman–Crippen MR) is 116 cm³/mol. The van der Waals surface area contributed by atoms with Gasteiger partial charge in [0.15, 0.2) is 5.69 Å². The summed E-state index contributed by atoms with van der Waals surface area (Å²) >= 11 is 0. The number of aromatic nitrogens is 4. The zero-order valence-corrected chi connectivity index (χ0v) is 17.9. The second-order valence-electron chi connectivity index (χ2n) is 7.39. The Labute approximate surface area is 190 Å². The van der Waals surface area contributed by atoms with Crippen LogP contribution in [0, 0.1) is 19.7 Å². The maximum Gasteiger partial charge on any atom is 0.418 e. The Morgan fingerprint density at radius 3 is 2.41 bits per heavy atom. The van der Waals surface area contributed by atoms with Crippen molar-refractivity contribution in [2.75, 3.05) is 5.32 Å². The van der Waals surface area contributed by atoms with Gasteiger partial charge in [-0.15, -0.1) is 0 Å². The maximum atomic E-state index is 14.6. The molecule has 2 aromatic heterocycles. The highest BCUT2D eigenvalue weighted by Gasteiger charge is 2.34. The van der Waals surface area contributed by atoms with Gasteiger partial charge in [-0.05, 0) is 44.2 Å². The molecule has 0 spiro atoms. The van der Waals surface area contributed by atoms with Gasteiger partial charge in [0.1, 0.15) is 11.6 Å². The van der Waals surface area contributed by atoms with E-state index in [0.717, 1.165) is 22.9 Å². The first-order valence-electron chi connectivity index (χ1n) is 9.95. The summed E-state index contributed by atoms with van der Waals surface area (Å²) in [7, 11) is 0. The van der Waals surface area contributed by atoms with E-state index in [1.54, 1.807) is 13.1 Å². The molecule has 11 heteroatoms. The molecule has 0 aliphatic carbocycles. The fraction of sp³-hybridized carbons (Fsp3) is 0.130. The molecule has 0 fully saturated rings. The van der Waals surface area contributed by atoms with Gasteiger partial charge in [-0.2, -0.15) is 18.3 Å². The molecule has 0 radical (unpaired) electrons. The van der Waals surface area contributed by atoms with Gasteiger partial charge in [0.05, 0.1) is 16.9 Å². The number of nitrogens with zero attached hydrogens (tertiary/aromatic N) is 4. The monoisotopic (exact) mass is 471 g/mol. The number of halogens is 4. The van der Waals surface area contributed by atoms with Crippen molar-refractivity contribution in [3.8, 4) is 11.4 Å². The molecule has 2 aromatic carbocycles. The van der Waals surface area contributed by atoms with E-state index in [1.165, 1.54) is 48.0 Å². The highest BCUT2D eigenvalue weighted by Crippen LogP contribution is 2.33. The number of para-hydroxylation sites is 1. The fourth-order valence-electron chi connectivity index (χ4n) is 3.45. The number of anilines is 1. The van der Waals surface area contributed by atoms with Crippen LogP contribution in [0.5, 0.6) is 0 Å². The smallest absolute Gasteiger partial charge is 0.320 e. The van der Waals surface area contributed by atoms with Crippen LogP contribution in [0.25, 0.3) is 11.4 Å². The van der Waals surface area contributed by atoms with Crippen LogP contribution >= 0.6 is 0 Å². The number of hydrogen-bond acceptors (Lipinski definition) is 4. The van der Waals surface area contributed by atoms with Crippen LogP contribution in [0.15, 0.2) is 65.7 Å². The molecule has 0 saturated heterocycles. The molecular formula is C23H17F4N5O2. The Bertz CT molecular complexity index is 1460. The molecule has 1 N–H and O–H groups in total. The Morgan fingerprint density at radius 1 is 1.03 bits per heavy atom. The molecular weight excluding hydrogens is 454 g/mol. The summed E-state index contributed by atoms with van der Waals surface area (Å²) in [5.41, 5.74) is -2.41. The van der Waals surface area contributed by atoms with Crippen molar-refractivity contribution in [2.45, 2.75) is 20.0 Å². The lowest BCUT2D eigenvalue weighted by Crippen LogP contribution is -2.27. The minimum absolute atomic E-state index is 0.0352. The molecule has 7 nitrogen and oxygen atoms in total. The van der Waals surface area contributed by atoms with Crippen molar-refractivity contribution in [1.82, 2.24) is 19.3 Å². The third-order valence-corrected chi connectivity index (χ3v) is 5.05. The third kappa shape index (κ3) is 4.32. The lowest BCUT2D eigenvalue weighted by atomic mass is 10.1. The molecule has 34 heavy (non-hydrogen) atoms. The summed E-state index contributed by atoms with van der Waals surface area (Å²) in [5.74, 6) is -1.10. The quantitative estimate of drug-likeness (QED) is 0.446. The van der Waals surface area contributed by atoms with E-state index in [0.29, 0.717) is 5.82 Å². The van der Waals surface area contributed by atoms with Crippen molar-refractivity contribution in [3.63, 3.8) is 0 Å². The van der Waals surface area contributed by atoms with Crippen molar-refractivity contribution in [3.05, 3.63) is 99.7 Å². The molecule has 2 heterocycles. The number of alkyl halides is 3. The summed E-state index contributed by atoms with van der Waals surface area (Å²) in [6, 6.07) is 9.57. The fourth-order valence-corrected chi connectivity index (χ4v) is 3.45. The van der Waals surface area contributed by atoms with Crippen LogP contribution in [-0.4, -0.2) is 25.2 Å². The standard InChI is InChI=1S/C23H17F4N5O2/c1-13-11-20(33)21(30-32(13)18-6-4-3-5-16(18)23(25,26)27)22(34)29-15-7-8-19(17(24)12-15)31-10-9-28-14(31)2/h3-12H,1-2H3,(H,29,34). The zero-order chi connectivity index (χ0) is 24.6. The molecule has 174 valence electrons. The first-order valence-corrected chi connectivity index (χ1v) is 9.95. The Kier molecular flexibility index (Phi) is 5.78. The summed E-state index contributed by atoms with van der Waals surface area (Å²) in [6.45, 7) is 3.09. The van der Waals surface area contributed by atoms with E-state index in [9.17, 15) is 27.2 Å². The van der Waals surface area contributed by atoms with Gasteiger partial charge in [-0.1, -0.05) is 12.1 Å². The number of nitrogens with one attached hydrogen (secondary N) is 1. The topological polar surface area (TPSA) is 81.8 Å². The second-order valence-corrected chi connectivity index (χ2v) is 7.39. The van der Waals surface area contributed by atoms with E-state index in [2.05, 4.69) is 15.4 Å². The summed E-state index contributed by atoms with van der Waals surface area (Å²) in [6.07, 6.45) is -1.60. The number of hydrogen-bond donors (Lipinski definition) is 1. The summed E-state index contributed by atoms with van der Waals surface area (Å²) in [4.78, 5) is 29.2. The van der Waals surface area contributed by atoms with Gasteiger partial charge in [-0.3, -0.25) is 9.59 Å². The van der Waals surface area contributed by atoms with Crippen LogP contribution < -0.4 is 10.7 Å². The molecule has 0 aliphatic rings. The lowest BCUT2D eigenvalue weighted by molar-refractivity contribution is -0.137. The van der Waals surface area contributed by atoms with Gasteiger partial charge in [0, 0.05) is 29.8 Å². The van der Waals surface area contributed by atoms with E-state index < -0.39 is 34.6 Å². The molecule has 0 bridgehead atoms. The van der Waals surface area contributed by atoms with Crippen LogP contribution in [-0.2, 0) is 6.18 Å². The first-order chi connectivity index (χ1) is 16.1. The number of amides is 1. The second kappa shape index (κ2) is 8.58.